The van der Waals surface area contributed by atoms with Crippen LogP contribution in [0.3, 0.4) is 0 Å². The molecule has 3 aromatic rings. The predicted molar refractivity (Wildman–Crippen MR) is 155 cm³/mol. The Morgan fingerprint density at radius 1 is 0.900 bits per heavy atom. The molecule has 9 nitrogen and oxygen atoms in total. The number of aryl methyl sites for hydroxylation is 2. The fourth-order valence-corrected chi connectivity index (χ4v) is 6.01. The Labute approximate surface area is 236 Å². The van der Waals surface area contributed by atoms with Gasteiger partial charge in [-0.3, -0.25) is 13.9 Å². The number of carbonyl (C=O) groups excluding carboxylic acids is 2. The van der Waals surface area contributed by atoms with Crippen LogP contribution in [0.1, 0.15) is 30.0 Å². The first-order valence-electron chi connectivity index (χ1n) is 12.9. The third kappa shape index (κ3) is 6.93. The molecule has 0 saturated heterocycles. The zero-order valence-electron chi connectivity index (χ0n) is 23.8. The monoisotopic (exact) mass is 567 g/mol. The first-order chi connectivity index (χ1) is 19.0. The summed E-state index contributed by atoms with van der Waals surface area (Å²) < 4.78 is 40.0. The summed E-state index contributed by atoms with van der Waals surface area (Å²) in [5.74, 6) is -0.220. The number of nitrogens with one attached hydrogen (secondary N) is 1. The summed E-state index contributed by atoms with van der Waals surface area (Å²) in [4.78, 5) is 28.2. The number of hydrogen-bond donors (Lipinski definition) is 1. The fraction of sp³-hybridized carbons (Fsp3) is 0.333. The molecule has 0 radical (unpaired) electrons. The molecule has 3 aromatic carbocycles. The van der Waals surface area contributed by atoms with Gasteiger partial charge in [0.2, 0.25) is 11.8 Å². The highest BCUT2D eigenvalue weighted by Crippen LogP contribution is 2.33. The molecule has 1 N–H and O–H groups in total. The molecule has 0 aromatic heterocycles. The van der Waals surface area contributed by atoms with Gasteiger partial charge in [-0.25, -0.2) is 8.42 Å². The van der Waals surface area contributed by atoms with Gasteiger partial charge in [0.1, 0.15) is 12.6 Å². The summed E-state index contributed by atoms with van der Waals surface area (Å²) in [6, 6.07) is 18.1. The zero-order valence-corrected chi connectivity index (χ0v) is 24.6. The molecule has 0 aliphatic heterocycles. The standard InChI is InChI=1S/C30H37N3O6S/c1-7-26(30(35)31-4)32(19-23-11-9-8-10-12-23)29(34)20-33(24-16-21(2)15-22(3)17-24)40(36,37)25-13-14-27(38-5)28(18-25)39-6/h8-18,26H,7,19-20H2,1-6H3,(H,31,35). The first-order valence-corrected chi connectivity index (χ1v) is 14.4. The van der Waals surface area contributed by atoms with Crippen molar-refractivity contribution in [1.29, 1.82) is 0 Å². The van der Waals surface area contributed by atoms with Gasteiger partial charge in [0, 0.05) is 19.7 Å². The van der Waals surface area contributed by atoms with Crippen molar-refractivity contribution in [2.24, 2.45) is 0 Å². The normalized spacial score (nSPS) is 11.8. The van der Waals surface area contributed by atoms with E-state index in [1.807, 2.05) is 57.2 Å². The molecule has 0 spiro atoms. The summed E-state index contributed by atoms with van der Waals surface area (Å²) in [5, 5.41) is 2.63. The summed E-state index contributed by atoms with van der Waals surface area (Å²) in [7, 11) is 0.142. The van der Waals surface area contributed by atoms with Crippen molar-refractivity contribution < 1.29 is 27.5 Å². The highest BCUT2D eigenvalue weighted by molar-refractivity contribution is 7.92. The minimum atomic E-state index is -4.26. The van der Waals surface area contributed by atoms with E-state index in [2.05, 4.69) is 5.32 Å². The van der Waals surface area contributed by atoms with Crippen LogP contribution in [-0.4, -0.2) is 59.0 Å². The number of carbonyl (C=O) groups is 2. The van der Waals surface area contributed by atoms with E-state index in [0.29, 0.717) is 17.9 Å². The predicted octanol–water partition coefficient (Wildman–Crippen LogP) is 4.07. The largest absolute Gasteiger partial charge is 0.493 e. The number of methoxy groups -OCH3 is 2. The van der Waals surface area contributed by atoms with Crippen LogP contribution in [0.25, 0.3) is 0 Å². The molecule has 2 amide bonds. The van der Waals surface area contributed by atoms with E-state index in [1.54, 1.807) is 12.1 Å². The molecule has 0 heterocycles. The Morgan fingerprint density at radius 2 is 1.52 bits per heavy atom. The number of likely N-dealkylation sites (N-methyl/N-ethyl adjacent to an activating group) is 1. The van der Waals surface area contributed by atoms with Crippen molar-refractivity contribution in [3.63, 3.8) is 0 Å². The lowest BCUT2D eigenvalue weighted by molar-refractivity contribution is -0.140. The van der Waals surface area contributed by atoms with Gasteiger partial charge in [0.05, 0.1) is 24.8 Å². The molecule has 1 atom stereocenters. The molecule has 1 unspecified atom stereocenters. The first kappa shape index (κ1) is 30.5. The average Bonchev–Trinajstić information content (AvgIpc) is 2.94. The molecule has 0 fully saturated rings. The zero-order chi connectivity index (χ0) is 29.4. The Morgan fingerprint density at radius 3 is 2.08 bits per heavy atom. The number of rotatable bonds is 12. The van der Waals surface area contributed by atoms with Gasteiger partial charge in [-0.1, -0.05) is 43.3 Å². The smallest absolute Gasteiger partial charge is 0.264 e. The molecule has 0 saturated carbocycles. The van der Waals surface area contributed by atoms with Crippen LogP contribution in [0.4, 0.5) is 5.69 Å². The number of amides is 2. The van der Waals surface area contributed by atoms with Gasteiger partial charge in [-0.2, -0.15) is 0 Å². The van der Waals surface area contributed by atoms with Crippen molar-refractivity contribution in [1.82, 2.24) is 10.2 Å². The van der Waals surface area contributed by atoms with Crippen LogP contribution in [0.15, 0.2) is 71.6 Å². The molecule has 0 aliphatic carbocycles. The molecule has 0 aliphatic rings. The van der Waals surface area contributed by atoms with Crippen LogP contribution in [-0.2, 0) is 26.2 Å². The lowest BCUT2D eigenvalue weighted by atomic mass is 10.1. The molecular formula is C30H37N3O6S. The van der Waals surface area contributed by atoms with Gasteiger partial charge < -0.3 is 19.7 Å². The van der Waals surface area contributed by atoms with Crippen LogP contribution >= 0.6 is 0 Å². The number of ether oxygens (including phenoxy) is 2. The molecular weight excluding hydrogens is 530 g/mol. The Bertz CT molecular complexity index is 1420. The quantitative estimate of drug-likeness (QED) is 0.354. The number of sulfonamides is 1. The number of benzene rings is 3. The SMILES string of the molecule is CCC(C(=O)NC)N(Cc1ccccc1)C(=O)CN(c1cc(C)cc(C)c1)S(=O)(=O)c1ccc(OC)c(OC)c1. The second kappa shape index (κ2) is 13.3. The second-order valence-electron chi connectivity index (χ2n) is 9.42. The van der Waals surface area contributed by atoms with Crippen LogP contribution in [0, 0.1) is 13.8 Å². The van der Waals surface area contributed by atoms with Gasteiger partial charge >= 0.3 is 0 Å². The van der Waals surface area contributed by atoms with E-state index in [-0.39, 0.29) is 23.1 Å². The van der Waals surface area contributed by atoms with Crippen molar-refractivity contribution in [2.75, 3.05) is 32.1 Å². The summed E-state index contributed by atoms with van der Waals surface area (Å²) in [6.45, 7) is 5.16. The molecule has 10 heteroatoms. The van der Waals surface area contributed by atoms with Gasteiger partial charge in [-0.15, -0.1) is 0 Å². The average molecular weight is 568 g/mol. The third-order valence-corrected chi connectivity index (χ3v) is 8.31. The van der Waals surface area contributed by atoms with E-state index in [1.165, 1.54) is 44.4 Å². The Balaban J connectivity index is 2.13. The van der Waals surface area contributed by atoms with Crippen LogP contribution < -0.4 is 19.1 Å². The summed E-state index contributed by atoms with van der Waals surface area (Å²) in [6.07, 6.45) is 0.351. The van der Waals surface area contributed by atoms with E-state index < -0.39 is 28.5 Å². The van der Waals surface area contributed by atoms with Gasteiger partial charge in [0.15, 0.2) is 11.5 Å². The van der Waals surface area contributed by atoms with Crippen LogP contribution in [0.2, 0.25) is 0 Å². The number of nitrogens with zero attached hydrogens (tertiary/aromatic N) is 2. The van der Waals surface area contributed by atoms with Gasteiger partial charge in [-0.05, 0) is 61.2 Å². The molecule has 0 bridgehead atoms. The lowest BCUT2D eigenvalue weighted by Gasteiger charge is -2.33. The minimum absolute atomic E-state index is 0.0648. The lowest BCUT2D eigenvalue weighted by Crippen LogP contribution is -2.51. The van der Waals surface area contributed by atoms with E-state index in [0.717, 1.165) is 21.0 Å². The maximum Gasteiger partial charge on any atom is 0.264 e. The number of anilines is 1. The molecule has 3 rings (SSSR count). The molecule has 40 heavy (non-hydrogen) atoms. The maximum atomic E-state index is 14.1. The van der Waals surface area contributed by atoms with Crippen LogP contribution in [0.5, 0.6) is 11.5 Å². The topological polar surface area (TPSA) is 105 Å². The Kier molecular flexibility index (Phi) is 10.2. The van der Waals surface area contributed by atoms with E-state index in [4.69, 9.17) is 9.47 Å². The summed E-state index contributed by atoms with van der Waals surface area (Å²) >= 11 is 0. The third-order valence-electron chi connectivity index (χ3n) is 6.54. The fourth-order valence-electron chi connectivity index (χ4n) is 4.59. The van der Waals surface area contributed by atoms with Crippen molar-refractivity contribution >= 4 is 27.5 Å². The molecule has 214 valence electrons. The summed E-state index contributed by atoms with van der Waals surface area (Å²) in [5.41, 5.74) is 2.84. The Hall–Kier alpha value is -4.05. The van der Waals surface area contributed by atoms with E-state index in [9.17, 15) is 18.0 Å². The second-order valence-corrected chi connectivity index (χ2v) is 11.3. The minimum Gasteiger partial charge on any atom is -0.493 e. The number of hydrogen-bond acceptors (Lipinski definition) is 6. The van der Waals surface area contributed by atoms with Crippen molar-refractivity contribution in [3.05, 3.63) is 83.4 Å². The van der Waals surface area contributed by atoms with Crippen molar-refractivity contribution in [3.8, 4) is 11.5 Å². The highest BCUT2D eigenvalue weighted by atomic mass is 32.2. The highest BCUT2D eigenvalue weighted by Gasteiger charge is 2.34. The maximum absolute atomic E-state index is 14.1. The van der Waals surface area contributed by atoms with Crippen molar-refractivity contribution in [2.45, 2.75) is 44.7 Å². The van der Waals surface area contributed by atoms with E-state index >= 15 is 0 Å². The van der Waals surface area contributed by atoms with Gasteiger partial charge in [0.25, 0.3) is 10.0 Å².